The Labute approximate surface area is 164 Å². The molecule has 0 heterocycles. The van der Waals surface area contributed by atoms with Gasteiger partial charge in [-0.05, 0) is 31.8 Å². The Kier molecular flexibility index (Phi) is 16.4. The van der Waals surface area contributed by atoms with Crippen LogP contribution in [0.4, 0.5) is 0 Å². The molecule has 0 aliphatic carbocycles. The molecular formula is C21H38N2O4. The molecule has 1 atom stereocenters. The first kappa shape index (κ1) is 25.1. The van der Waals surface area contributed by atoms with Crippen LogP contribution in [0.3, 0.4) is 0 Å². The van der Waals surface area contributed by atoms with E-state index in [9.17, 15) is 19.5 Å². The number of carbonyl (C=O) groups is 3. The Bertz CT molecular complexity index is 438. The monoisotopic (exact) mass is 382 g/mol. The molecule has 0 saturated heterocycles. The molecule has 0 fully saturated rings. The van der Waals surface area contributed by atoms with Gasteiger partial charge in [-0.2, -0.15) is 0 Å². The van der Waals surface area contributed by atoms with Crippen molar-refractivity contribution in [2.24, 2.45) is 0 Å². The summed E-state index contributed by atoms with van der Waals surface area (Å²) in [6.07, 6.45) is 13.9. The van der Waals surface area contributed by atoms with E-state index in [0.29, 0.717) is 32.2 Å². The minimum absolute atomic E-state index is 0.190. The van der Waals surface area contributed by atoms with Crippen molar-refractivity contribution in [1.82, 2.24) is 10.6 Å². The molecule has 27 heavy (non-hydrogen) atoms. The molecule has 0 radical (unpaired) electrons. The summed E-state index contributed by atoms with van der Waals surface area (Å²) in [7, 11) is 0. The SMILES string of the molecule is C=CC(=O)NCCCC[C@H](NC(=O)CCCCCCCCCCC)C(=O)O. The van der Waals surface area contributed by atoms with Gasteiger partial charge < -0.3 is 15.7 Å². The molecule has 0 aromatic heterocycles. The maximum atomic E-state index is 11.9. The van der Waals surface area contributed by atoms with Gasteiger partial charge in [0, 0.05) is 13.0 Å². The third-order valence-electron chi connectivity index (χ3n) is 4.54. The number of hydrogen-bond donors (Lipinski definition) is 3. The number of amides is 2. The number of carbonyl (C=O) groups excluding carboxylic acids is 2. The highest BCUT2D eigenvalue weighted by atomic mass is 16.4. The molecular weight excluding hydrogens is 344 g/mol. The standard InChI is InChI=1S/C21H38N2O4/c1-3-5-6-7-8-9-10-11-12-16-20(25)23-18(21(26)27)15-13-14-17-22-19(24)4-2/h4,18H,2-3,5-17H2,1H3,(H,22,24)(H,23,25)(H,26,27)/t18-/m0/s1. The minimum Gasteiger partial charge on any atom is -0.480 e. The number of aliphatic carboxylic acids is 1. The highest BCUT2D eigenvalue weighted by Crippen LogP contribution is 2.10. The Morgan fingerprint density at radius 1 is 0.926 bits per heavy atom. The topological polar surface area (TPSA) is 95.5 Å². The van der Waals surface area contributed by atoms with E-state index in [1.807, 2.05) is 0 Å². The van der Waals surface area contributed by atoms with Crippen LogP contribution in [0.25, 0.3) is 0 Å². The van der Waals surface area contributed by atoms with E-state index in [2.05, 4.69) is 24.1 Å². The van der Waals surface area contributed by atoms with Crippen LogP contribution in [-0.2, 0) is 14.4 Å². The fourth-order valence-electron chi connectivity index (χ4n) is 2.88. The smallest absolute Gasteiger partial charge is 0.326 e. The van der Waals surface area contributed by atoms with Crippen LogP contribution >= 0.6 is 0 Å². The van der Waals surface area contributed by atoms with Gasteiger partial charge in [-0.25, -0.2) is 4.79 Å². The van der Waals surface area contributed by atoms with Crippen molar-refractivity contribution < 1.29 is 19.5 Å². The third-order valence-corrected chi connectivity index (χ3v) is 4.54. The van der Waals surface area contributed by atoms with Gasteiger partial charge in [0.05, 0.1) is 0 Å². The molecule has 0 aromatic rings. The van der Waals surface area contributed by atoms with Crippen molar-refractivity contribution in [3.8, 4) is 0 Å². The summed E-state index contributed by atoms with van der Waals surface area (Å²) in [5.74, 6) is -1.44. The fraction of sp³-hybridized carbons (Fsp3) is 0.762. The number of rotatable bonds is 18. The van der Waals surface area contributed by atoms with Gasteiger partial charge in [0.25, 0.3) is 0 Å². The second kappa shape index (κ2) is 17.6. The van der Waals surface area contributed by atoms with E-state index in [1.165, 1.54) is 44.6 Å². The van der Waals surface area contributed by atoms with Crippen LogP contribution < -0.4 is 10.6 Å². The van der Waals surface area contributed by atoms with Crippen LogP contribution in [0.2, 0.25) is 0 Å². The summed E-state index contributed by atoms with van der Waals surface area (Å²) >= 11 is 0. The first-order valence-electron chi connectivity index (χ1n) is 10.4. The molecule has 0 spiro atoms. The van der Waals surface area contributed by atoms with Gasteiger partial charge in [0.1, 0.15) is 6.04 Å². The van der Waals surface area contributed by atoms with Crippen molar-refractivity contribution in [3.05, 3.63) is 12.7 Å². The van der Waals surface area contributed by atoms with Gasteiger partial charge in [-0.3, -0.25) is 9.59 Å². The zero-order valence-electron chi connectivity index (χ0n) is 16.9. The molecule has 6 heteroatoms. The van der Waals surface area contributed by atoms with E-state index < -0.39 is 12.0 Å². The number of unbranched alkanes of at least 4 members (excludes halogenated alkanes) is 9. The summed E-state index contributed by atoms with van der Waals surface area (Å²) in [6, 6.07) is -0.855. The largest absolute Gasteiger partial charge is 0.480 e. The number of carboxylic acid groups (broad SMARTS) is 1. The minimum atomic E-state index is -1.01. The molecule has 2 amide bonds. The lowest BCUT2D eigenvalue weighted by Gasteiger charge is -2.14. The quantitative estimate of drug-likeness (QED) is 0.247. The van der Waals surface area contributed by atoms with Crippen LogP contribution in [0, 0.1) is 0 Å². The van der Waals surface area contributed by atoms with Crippen LogP contribution in [-0.4, -0.2) is 35.5 Å². The molecule has 6 nitrogen and oxygen atoms in total. The average molecular weight is 383 g/mol. The lowest BCUT2D eigenvalue weighted by Crippen LogP contribution is -2.40. The lowest BCUT2D eigenvalue weighted by atomic mass is 10.1. The van der Waals surface area contributed by atoms with Crippen LogP contribution in [0.1, 0.15) is 90.4 Å². The third kappa shape index (κ3) is 16.1. The summed E-state index contributed by atoms with van der Waals surface area (Å²) in [6.45, 7) is 6.05. The first-order chi connectivity index (χ1) is 13.0. The molecule has 0 bridgehead atoms. The van der Waals surface area contributed by atoms with Crippen molar-refractivity contribution in [2.45, 2.75) is 96.4 Å². The lowest BCUT2D eigenvalue weighted by molar-refractivity contribution is -0.142. The molecule has 0 aliphatic heterocycles. The predicted molar refractivity (Wildman–Crippen MR) is 108 cm³/mol. The maximum Gasteiger partial charge on any atom is 0.326 e. The second-order valence-corrected chi connectivity index (χ2v) is 7.03. The van der Waals surface area contributed by atoms with E-state index in [0.717, 1.165) is 19.3 Å². The van der Waals surface area contributed by atoms with Gasteiger partial charge in [0.2, 0.25) is 11.8 Å². The van der Waals surface area contributed by atoms with E-state index in [-0.39, 0.29) is 11.8 Å². The summed E-state index contributed by atoms with van der Waals surface area (Å²) in [5, 5.41) is 14.5. The molecule has 0 rings (SSSR count). The molecule has 0 aromatic carbocycles. The van der Waals surface area contributed by atoms with Crippen molar-refractivity contribution in [3.63, 3.8) is 0 Å². The highest BCUT2D eigenvalue weighted by molar-refractivity contribution is 5.86. The molecule has 0 aliphatic rings. The molecule has 156 valence electrons. The Hall–Kier alpha value is -1.85. The van der Waals surface area contributed by atoms with Crippen molar-refractivity contribution in [2.75, 3.05) is 6.54 Å². The second-order valence-electron chi connectivity index (χ2n) is 7.03. The van der Waals surface area contributed by atoms with Gasteiger partial charge in [0.15, 0.2) is 0 Å². The van der Waals surface area contributed by atoms with Gasteiger partial charge in [-0.15, -0.1) is 0 Å². The summed E-state index contributed by atoms with van der Waals surface area (Å²) < 4.78 is 0. The number of nitrogens with one attached hydrogen (secondary N) is 2. The Balaban J connectivity index is 3.75. The number of carboxylic acids is 1. The van der Waals surface area contributed by atoms with Crippen molar-refractivity contribution in [1.29, 1.82) is 0 Å². The van der Waals surface area contributed by atoms with E-state index in [1.54, 1.807) is 0 Å². The average Bonchev–Trinajstić information content (AvgIpc) is 2.65. The van der Waals surface area contributed by atoms with Gasteiger partial charge >= 0.3 is 5.97 Å². The zero-order valence-corrected chi connectivity index (χ0v) is 16.9. The Morgan fingerprint density at radius 2 is 1.52 bits per heavy atom. The van der Waals surface area contributed by atoms with E-state index in [4.69, 9.17) is 0 Å². The van der Waals surface area contributed by atoms with Crippen molar-refractivity contribution >= 4 is 17.8 Å². The zero-order chi connectivity index (χ0) is 20.3. The Morgan fingerprint density at radius 3 is 2.07 bits per heavy atom. The molecule has 0 unspecified atom stereocenters. The van der Waals surface area contributed by atoms with Crippen LogP contribution in [0.15, 0.2) is 12.7 Å². The summed E-state index contributed by atoms with van der Waals surface area (Å²) in [5.41, 5.74) is 0. The van der Waals surface area contributed by atoms with Gasteiger partial charge in [-0.1, -0.05) is 64.9 Å². The summed E-state index contributed by atoms with van der Waals surface area (Å²) in [4.78, 5) is 34.2. The highest BCUT2D eigenvalue weighted by Gasteiger charge is 2.18. The maximum absolute atomic E-state index is 11.9. The number of hydrogen-bond acceptors (Lipinski definition) is 3. The molecule has 0 saturated carbocycles. The fourth-order valence-corrected chi connectivity index (χ4v) is 2.88. The van der Waals surface area contributed by atoms with E-state index >= 15 is 0 Å². The molecule has 3 N–H and O–H groups in total. The predicted octanol–water partition coefficient (Wildman–Crippen LogP) is 3.95. The normalized spacial score (nSPS) is 11.6. The first-order valence-corrected chi connectivity index (χ1v) is 10.4. The van der Waals surface area contributed by atoms with Crippen LogP contribution in [0.5, 0.6) is 0 Å².